The van der Waals surface area contributed by atoms with Gasteiger partial charge in [0.05, 0.1) is 12.6 Å². The van der Waals surface area contributed by atoms with Crippen LogP contribution in [0.4, 0.5) is 0 Å². The Kier molecular flexibility index (Phi) is 6.15. The number of carbonyl (C=O) groups is 1. The highest BCUT2D eigenvalue weighted by atomic mass is 32.1. The number of carbonyl (C=O) groups excluding carboxylic acids is 1. The summed E-state index contributed by atoms with van der Waals surface area (Å²) in [5.41, 5.74) is 0. The Morgan fingerprint density at radius 3 is 2.88 bits per heavy atom. The van der Waals surface area contributed by atoms with Crippen molar-refractivity contribution >= 4 is 17.2 Å². The van der Waals surface area contributed by atoms with Gasteiger partial charge in [0.25, 0.3) is 0 Å². The predicted molar refractivity (Wildman–Crippen MR) is 71.2 cm³/mol. The monoisotopic (exact) mass is 255 g/mol. The fourth-order valence-corrected chi connectivity index (χ4v) is 2.23. The van der Waals surface area contributed by atoms with Gasteiger partial charge in [-0.25, -0.2) is 4.98 Å². The maximum Gasteiger partial charge on any atom is 0.233 e. The molecule has 1 aromatic heterocycles. The topological polar surface area (TPSA) is 54.0 Å². The third kappa shape index (κ3) is 4.83. The molecule has 0 saturated carbocycles. The number of aromatic nitrogens is 1. The number of nitrogens with zero attached hydrogens (tertiary/aromatic N) is 1. The van der Waals surface area contributed by atoms with Crippen molar-refractivity contribution in [3.63, 3.8) is 0 Å². The first-order chi connectivity index (χ1) is 8.17. The minimum Gasteiger partial charge on any atom is -0.355 e. The molecule has 0 spiro atoms. The van der Waals surface area contributed by atoms with Gasteiger partial charge in [-0.15, -0.1) is 11.3 Å². The summed E-state index contributed by atoms with van der Waals surface area (Å²) in [6.07, 6.45) is 3.89. The lowest BCUT2D eigenvalue weighted by Crippen LogP contribution is -2.35. The van der Waals surface area contributed by atoms with Crippen LogP contribution in [0.1, 0.15) is 43.1 Å². The van der Waals surface area contributed by atoms with Gasteiger partial charge in [0.15, 0.2) is 0 Å². The van der Waals surface area contributed by atoms with Crippen molar-refractivity contribution < 1.29 is 4.79 Å². The SMILES string of the molecule is CCCNC(=O)CNC(C)c1ncc(CC)s1. The van der Waals surface area contributed by atoms with Gasteiger partial charge >= 0.3 is 0 Å². The lowest BCUT2D eigenvalue weighted by Gasteiger charge is -2.10. The molecule has 2 N–H and O–H groups in total. The largest absolute Gasteiger partial charge is 0.355 e. The Morgan fingerprint density at radius 2 is 2.29 bits per heavy atom. The highest BCUT2D eigenvalue weighted by Crippen LogP contribution is 2.19. The minimum absolute atomic E-state index is 0.0472. The molecule has 0 aliphatic heterocycles. The number of amides is 1. The van der Waals surface area contributed by atoms with E-state index >= 15 is 0 Å². The fraction of sp³-hybridized carbons (Fsp3) is 0.667. The van der Waals surface area contributed by atoms with Crippen LogP contribution in [-0.2, 0) is 11.2 Å². The molecule has 1 amide bonds. The van der Waals surface area contributed by atoms with Crippen LogP contribution in [0.15, 0.2) is 6.20 Å². The highest BCUT2D eigenvalue weighted by Gasteiger charge is 2.10. The van der Waals surface area contributed by atoms with Crippen LogP contribution in [0, 0.1) is 0 Å². The van der Waals surface area contributed by atoms with Gasteiger partial charge in [-0.1, -0.05) is 13.8 Å². The Labute approximate surface area is 107 Å². The van der Waals surface area contributed by atoms with E-state index in [0.717, 1.165) is 24.4 Å². The smallest absolute Gasteiger partial charge is 0.233 e. The number of hydrogen-bond acceptors (Lipinski definition) is 4. The molecule has 0 fully saturated rings. The first kappa shape index (κ1) is 14.1. The quantitative estimate of drug-likeness (QED) is 0.782. The van der Waals surface area contributed by atoms with Crippen molar-refractivity contribution in [2.24, 2.45) is 0 Å². The van der Waals surface area contributed by atoms with Gasteiger partial charge in [-0.05, 0) is 19.8 Å². The van der Waals surface area contributed by atoms with E-state index in [1.807, 2.05) is 20.0 Å². The summed E-state index contributed by atoms with van der Waals surface area (Å²) in [6, 6.07) is 0.132. The number of thiazole rings is 1. The van der Waals surface area contributed by atoms with E-state index in [1.54, 1.807) is 11.3 Å². The first-order valence-corrected chi connectivity index (χ1v) is 6.93. The zero-order chi connectivity index (χ0) is 12.7. The van der Waals surface area contributed by atoms with Gasteiger partial charge in [-0.2, -0.15) is 0 Å². The van der Waals surface area contributed by atoms with Gasteiger partial charge in [0.1, 0.15) is 5.01 Å². The van der Waals surface area contributed by atoms with Crippen molar-refractivity contribution in [3.8, 4) is 0 Å². The van der Waals surface area contributed by atoms with Crippen molar-refractivity contribution in [1.29, 1.82) is 0 Å². The van der Waals surface area contributed by atoms with E-state index in [0.29, 0.717) is 6.54 Å². The molecule has 1 heterocycles. The van der Waals surface area contributed by atoms with Crippen LogP contribution in [0.5, 0.6) is 0 Å². The summed E-state index contributed by atoms with van der Waals surface area (Å²) in [5.74, 6) is 0.0472. The maximum absolute atomic E-state index is 11.4. The van der Waals surface area contributed by atoms with Crippen LogP contribution >= 0.6 is 11.3 Å². The summed E-state index contributed by atoms with van der Waals surface area (Å²) < 4.78 is 0. The summed E-state index contributed by atoms with van der Waals surface area (Å²) >= 11 is 1.71. The zero-order valence-electron chi connectivity index (χ0n) is 10.7. The van der Waals surface area contributed by atoms with E-state index in [2.05, 4.69) is 22.5 Å². The van der Waals surface area contributed by atoms with Crippen LogP contribution < -0.4 is 10.6 Å². The molecule has 0 aromatic carbocycles. The molecule has 1 atom stereocenters. The second kappa shape index (κ2) is 7.40. The Hall–Kier alpha value is -0.940. The lowest BCUT2D eigenvalue weighted by molar-refractivity contribution is -0.120. The molecule has 96 valence electrons. The van der Waals surface area contributed by atoms with Crippen molar-refractivity contribution in [2.45, 2.75) is 39.7 Å². The number of hydrogen-bond donors (Lipinski definition) is 2. The molecule has 1 rings (SSSR count). The molecule has 0 aliphatic rings. The third-order valence-electron chi connectivity index (χ3n) is 2.43. The summed E-state index contributed by atoms with van der Waals surface area (Å²) in [6.45, 7) is 7.28. The van der Waals surface area contributed by atoms with Crippen LogP contribution in [0.3, 0.4) is 0 Å². The highest BCUT2D eigenvalue weighted by molar-refractivity contribution is 7.11. The number of aryl methyl sites for hydroxylation is 1. The Bertz CT molecular complexity index is 351. The molecule has 0 aliphatic carbocycles. The number of rotatable bonds is 7. The average molecular weight is 255 g/mol. The predicted octanol–water partition coefficient (Wildman–Crippen LogP) is 1.88. The van der Waals surface area contributed by atoms with Crippen LogP contribution in [0.2, 0.25) is 0 Å². The summed E-state index contributed by atoms with van der Waals surface area (Å²) in [7, 11) is 0. The van der Waals surface area contributed by atoms with E-state index in [-0.39, 0.29) is 11.9 Å². The maximum atomic E-state index is 11.4. The normalized spacial score (nSPS) is 12.4. The van der Waals surface area contributed by atoms with E-state index in [1.165, 1.54) is 4.88 Å². The van der Waals surface area contributed by atoms with E-state index in [9.17, 15) is 4.79 Å². The molecular formula is C12H21N3OS. The molecule has 1 unspecified atom stereocenters. The fourth-order valence-electron chi connectivity index (χ4n) is 1.35. The molecular weight excluding hydrogens is 234 g/mol. The van der Waals surface area contributed by atoms with Gasteiger partial charge in [0.2, 0.25) is 5.91 Å². The molecule has 0 radical (unpaired) electrons. The third-order valence-corrected chi connectivity index (χ3v) is 3.76. The van der Waals surface area contributed by atoms with Crippen molar-refractivity contribution in [1.82, 2.24) is 15.6 Å². The second-order valence-electron chi connectivity index (χ2n) is 3.97. The van der Waals surface area contributed by atoms with E-state index in [4.69, 9.17) is 0 Å². The Balaban J connectivity index is 2.33. The van der Waals surface area contributed by atoms with Gasteiger partial charge < -0.3 is 5.32 Å². The average Bonchev–Trinajstić information content (AvgIpc) is 2.82. The minimum atomic E-state index is 0.0472. The molecule has 17 heavy (non-hydrogen) atoms. The Morgan fingerprint density at radius 1 is 1.53 bits per heavy atom. The van der Waals surface area contributed by atoms with Crippen LogP contribution in [-0.4, -0.2) is 24.0 Å². The lowest BCUT2D eigenvalue weighted by atomic mass is 10.3. The molecule has 1 aromatic rings. The van der Waals surface area contributed by atoms with Crippen LogP contribution in [0.25, 0.3) is 0 Å². The molecule has 0 saturated heterocycles. The van der Waals surface area contributed by atoms with Gasteiger partial charge in [-0.3, -0.25) is 10.1 Å². The van der Waals surface area contributed by atoms with Crippen molar-refractivity contribution in [2.75, 3.05) is 13.1 Å². The zero-order valence-corrected chi connectivity index (χ0v) is 11.6. The van der Waals surface area contributed by atoms with Crippen molar-refractivity contribution in [3.05, 3.63) is 16.1 Å². The standard InChI is InChI=1S/C12H21N3OS/c1-4-6-13-11(16)8-14-9(3)12-15-7-10(5-2)17-12/h7,9,14H,4-6,8H2,1-3H3,(H,13,16). The summed E-state index contributed by atoms with van der Waals surface area (Å²) in [5, 5.41) is 7.06. The molecule has 0 bridgehead atoms. The summed E-state index contributed by atoms with van der Waals surface area (Å²) in [4.78, 5) is 17.0. The number of nitrogens with one attached hydrogen (secondary N) is 2. The van der Waals surface area contributed by atoms with E-state index < -0.39 is 0 Å². The second-order valence-corrected chi connectivity index (χ2v) is 5.12. The molecule has 4 nitrogen and oxygen atoms in total. The van der Waals surface area contributed by atoms with Gasteiger partial charge in [0, 0.05) is 17.6 Å². The first-order valence-electron chi connectivity index (χ1n) is 6.12. The molecule has 5 heteroatoms.